The van der Waals surface area contributed by atoms with E-state index in [2.05, 4.69) is 65.0 Å². The predicted molar refractivity (Wildman–Crippen MR) is 95.1 cm³/mol. The number of aryl methyl sites for hydroxylation is 2. The highest BCUT2D eigenvalue weighted by molar-refractivity contribution is 5.61. The van der Waals surface area contributed by atoms with E-state index in [-0.39, 0.29) is 10.8 Å². The first-order valence-corrected chi connectivity index (χ1v) is 7.93. The van der Waals surface area contributed by atoms with Crippen LogP contribution in [0.4, 0.5) is 11.4 Å². The zero-order chi connectivity index (χ0) is 16.3. The minimum Gasteiger partial charge on any atom is -0.399 e. The van der Waals surface area contributed by atoms with Crippen LogP contribution in [0, 0.1) is 19.3 Å². The van der Waals surface area contributed by atoms with Gasteiger partial charge in [0.25, 0.3) is 0 Å². The molecule has 2 nitrogen and oxygen atoms in total. The van der Waals surface area contributed by atoms with E-state index in [0.29, 0.717) is 0 Å². The maximum absolute atomic E-state index is 6.19. The van der Waals surface area contributed by atoms with Crippen LogP contribution in [0.3, 0.4) is 0 Å². The summed E-state index contributed by atoms with van der Waals surface area (Å²) in [7, 11) is 0. The molecular formula is C20H26N2. The number of nitrogens with two attached hydrogens (primary N) is 2. The Morgan fingerprint density at radius 2 is 1.50 bits per heavy atom. The van der Waals surface area contributed by atoms with Gasteiger partial charge in [0.15, 0.2) is 0 Å². The van der Waals surface area contributed by atoms with Gasteiger partial charge < -0.3 is 11.5 Å². The third kappa shape index (κ3) is 1.86. The van der Waals surface area contributed by atoms with E-state index in [4.69, 9.17) is 11.5 Å². The molecule has 3 rings (SSSR count). The van der Waals surface area contributed by atoms with Gasteiger partial charge in [-0.15, -0.1) is 0 Å². The van der Waals surface area contributed by atoms with E-state index in [9.17, 15) is 0 Å². The van der Waals surface area contributed by atoms with Crippen molar-refractivity contribution in [2.24, 2.45) is 5.41 Å². The number of nitrogen functional groups attached to an aromatic ring is 2. The molecule has 1 aliphatic carbocycles. The summed E-state index contributed by atoms with van der Waals surface area (Å²) >= 11 is 0. The van der Waals surface area contributed by atoms with Crippen molar-refractivity contribution in [3.05, 3.63) is 58.1 Å². The second-order valence-electron chi connectivity index (χ2n) is 7.62. The number of anilines is 2. The lowest BCUT2D eigenvalue weighted by molar-refractivity contribution is 0.247. The quantitative estimate of drug-likeness (QED) is 0.768. The van der Waals surface area contributed by atoms with Crippen molar-refractivity contribution in [1.29, 1.82) is 0 Å². The number of benzene rings is 2. The van der Waals surface area contributed by atoms with Crippen LogP contribution in [0.15, 0.2) is 30.3 Å². The monoisotopic (exact) mass is 294 g/mol. The third-order valence-corrected chi connectivity index (χ3v) is 5.87. The molecular weight excluding hydrogens is 268 g/mol. The molecule has 2 aromatic carbocycles. The summed E-state index contributed by atoms with van der Waals surface area (Å²) in [5.41, 5.74) is 20.5. The molecule has 0 saturated carbocycles. The molecule has 0 aromatic heterocycles. The molecule has 1 unspecified atom stereocenters. The van der Waals surface area contributed by atoms with Gasteiger partial charge in [0.1, 0.15) is 0 Å². The maximum Gasteiger partial charge on any atom is 0.0346 e. The lowest BCUT2D eigenvalue weighted by atomic mass is 9.63. The smallest absolute Gasteiger partial charge is 0.0346 e. The highest BCUT2D eigenvalue weighted by atomic mass is 14.6. The Morgan fingerprint density at radius 1 is 0.864 bits per heavy atom. The first-order chi connectivity index (χ1) is 10.2. The van der Waals surface area contributed by atoms with Crippen LogP contribution in [-0.2, 0) is 11.8 Å². The first kappa shape index (κ1) is 15.0. The molecule has 22 heavy (non-hydrogen) atoms. The van der Waals surface area contributed by atoms with Gasteiger partial charge in [0, 0.05) is 16.8 Å². The highest BCUT2D eigenvalue weighted by Gasteiger charge is 2.50. The highest BCUT2D eigenvalue weighted by Crippen LogP contribution is 2.56. The molecule has 2 aromatic rings. The number of hydrogen-bond donors (Lipinski definition) is 2. The molecule has 0 fully saturated rings. The molecule has 0 heterocycles. The normalized spacial score (nSPS) is 22.6. The summed E-state index contributed by atoms with van der Waals surface area (Å²) in [4.78, 5) is 0. The van der Waals surface area contributed by atoms with Crippen LogP contribution in [0.2, 0.25) is 0 Å². The molecule has 4 N–H and O–H groups in total. The second-order valence-corrected chi connectivity index (χ2v) is 7.62. The first-order valence-electron chi connectivity index (χ1n) is 7.93. The van der Waals surface area contributed by atoms with E-state index in [1.165, 1.54) is 16.7 Å². The van der Waals surface area contributed by atoms with Gasteiger partial charge in [0.2, 0.25) is 0 Å². The maximum atomic E-state index is 6.19. The van der Waals surface area contributed by atoms with Gasteiger partial charge in [-0.2, -0.15) is 0 Å². The summed E-state index contributed by atoms with van der Waals surface area (Å²) in [6.07, 6.45) is 1.04. The molecule has 1 aliphatic rings. The predicted octanol–water partition coefficient (Wildman–Crippen LogP) is 4.36. The Balaban J connectivity index is 2.28. The lowest BCUT2D eigenvalue weighted by Gasteiger charge is -2.40. The fraction of sp³-hybridized carbons (Fsp3) is 0.400. The van der Waals surface area contributed by atoms with E-state index < -0.39 is 0 Å². The molecule has 0 amide bonds. The second kappa shape index (κ2) is 4.52. The Hall–Kier alpha value is -1.96. The molecule has 0 spiro atoms. The Labute approximate surface area is 133 Å². The van der Waals surface area contributed by atoms with Crippen LogP contribution < -0.4 is 11.5 Å². The van der Waals surface area contributed by atoms with Crippen LogP contribution in [0.25, 0.3) is 0 Å². The van der Waals surface area contributed by atoms with Gasteiger partial charge in [-0.1, -0.05) is 39.0 Å². The van der Waals surface area contributed by atoms with Crippen molar-refractivity contribution < 1.29 is 0 Å². The standard InChI is InChI=1S/C20H26N2/c1-12-6-7-15(10-18(12)22)20(5)16-8-13(2)17(21)9-14(16)11-19(20,3)4/h6-10H,11,21-22H2,1-5H3. The fourth-order valence-corrected chi connectivity index (χ4v) is 3.90. The van der Waals surface area contributed by atoms with E-state index in [0.717, 1.165) is 28.9 Å². The summed E-state index contributed by atoms with van der Waals surface area (Å²) in [6.45, 7) is 11.2. The lowest BCUT2D eigenvalue weighted by Crippen LogP contribution is -2.36. The molecule has 1 atom stereocenters. The Bertz CT molecular complexity index is 759. The van der Waals surface area contributed by atoms with E-state index in [1.54, 1.807) is 0 Å². The van der Waals surface area contributed by atoms with E-state index in [1.807, 2.05) is 0 Å². The minimum absolute atomic E-state index is 0.0530. The van der Waals surface area contributed by atoms with Crippen molar-refractivity contribution in [3.63, 3.8) is 0 Å². The van der Waals surface area contributed by atoms with Gasteiger partial charge in [-0.3, -0.25) is 0 Å². The summed E-state index contributed by atoms with van der Waals surface area (Å²) in [5.74, 6) is 0. The Morgan fingerprint density at radius 3 is 2.14 bits per heavy atom. The Kier molecular flexibility index (Phi) is 3.07. The minimum atomic E-state index is -0.0530. The van der Waals surface area contributed by atoms with Crippen molar-refractivity contribution in [3.8, 4) is 0 Å². The van der Waals surface area contributed by atoms with Crippen molar-refractivity contribution in [2.45, 2.75) is 46.5 Å². The molecule has 2 heteroatoms. The molecule has 0 radical (unpaired) electrons. The fourth-order valence-electron chi connectivity index (χ4n) is 3.90. The zero-order valence-corrected chi connectivity index (χ0v) is 14.2. The largest absolute Gasteiger partial charge is 0.399 e. The number of hydrogen-bond acceptors (Lipinski definition) is 2. The topological polar surface area (TPSA) is 52.0 Å². The molecule has 0 bridgehead atoms. The molecule has 0 saturated heterocycles. The summed E-state index contributed by atoms with van der Waals surface area (Å²) in [6, 6.07) is 10.9. The van der Waals surface area contributed by atoms with Crippen molar-refractivity contribution >= 4 is 11.4 Å². The molecule has 0 aliphatic heterocycles. The van der Waals surface area contributed by atoms with Crippen LogP contribution in [0.5, 0.6) is 0 Å². The van der Waals surface area contributed by atoms with Gasteiger partial charge in [-0.25, -0.2) is 0 Å². The van der Waals surface area contributed by atoms with Crippen LogP contribution in [-0.4, -0.2) is 0 Å². The zero-order valence-electron chi connectivity index (χ0n) is 14.2. The van der Waals surface area contributed by atoms with Gasteiger partial charge in [-0.05, 0) is 65.6 Å². The average molecular weight is 294 g/mol. The summed E-state index contributed by atoms with van der Waals surface area (Å²) < 4.78 is 0. The van der Waals surface area contributed by atoms with E-state index >= 15 is 0 Å². The van der Waals surface area contributed by atoms with Crippen LogP contribution in [0.1, 0.15) is 48.6 Å². The average Bonchev–Trinajstić information content (AvgIpc) is 2.62. The van der Waals surface area contributed by atoms with Gasteiger partial charge in [0.05, 0.1) is 0 Å². The molecule has 116 valence electrons. The number of fused-ring (bicyclic) bond motifs is 1. The number of rotatable bonds is 1. The van der Waals surface area contributed by atoms with Crippen LogP contribution >= 0.6 is 0 Å². The summed E-state index contributed by atoms with van der Waals surface area (Å²) in [5, 5.41) is 0. The van der Waals surface area contributed by atoms with Gasteiger partial charge >= 0.3 is 0 Å². The third-order valence-electron chi connectivity index (χ3n) is 5.87. The van der Waals surface area contributed by atoms with Crippen molar-refractivity contribution in [1.82, 2.24) is 0 Å². The SMILES string of the molecule is Cc1ccc(C2(C)c3cc(C)c(N)cc3CC2(C)C)cc1N. The van der Waals surface area contributed by atoms with Crippen molar-refractivity contribution in [2.75, 3.05) is 11.5 Å².